The number of benzene rings is 1. The molecule has 1 heterocycles. The molecule has 32 heavy (non-hydrogen) atoms. The average molecular weight is 436 g/mol. The van der Waals surface area contributed by atoms with E-state index in [9.17, 15) is 10.1 Å². The second-order valence-electron chi connectivity index (χ2n) is 8.59. The Bertz CT molecular complexity index is 913. The fourth-order valence-corrected chi connectivity index (χ4v) is 4.16. The summed E-state index contributed by atoms with van der Waals surface area (Å²) < 4.78 is 11.1. The van der Waals surface area contributed by atoms with Crippen LogP contribution < -0.4 is 9.47 Å². The molecule has 0 spiro atoms. The highest BCUT2D eigenvalue weighted by Crippen LogP contribution is 2.32. The third-order valence-electron chi connectivity index (χ3n) is 6.17. The minimum absolute atomic E-state index is 0.248. The number of esters is 1. The molecule has 0 bridgehead atoms. The number of rotatable bonds is 10. The van der Waals surface area contributed by atoms with Gasteiger partial charge in [-0.2, -0.15) is 5.26 Å². The largest absolute Gasteiger partial charge is 0.490 e. The Morgan fingerprint density at radius 1 is 1.09 bits per heavy atom. The zero-order chi connectivity index (χ0) is 22.8. The van der Waals surface area contributed by atoms with Crippen LogP contribution in [0.2, 0.25) is 0 Å². The SMILES string of the molecule is CCCCC[C@H]1CC[C@H](COc2cnc(-c3ccc(OC(=O)CC)c(C#N)c3)nc2)CC1. The molecule has 1 aliphatic rings. The smallest absolute Gasteiger partial charge is 0.310 e. The minimum Gasteiger partial charge on any atom is -0.490 e. The normalized spacial score (nSPS) is 18.0. The Morgan fingerprint density at radius 2 is 1.81 bits per heavy atom. The van der Waals surface area contributed by atoms with Gasteiger partial charge in [-0.1, -0.05) is 52.4 Å². The van der Waals surface area contributed by atoms with E-state index in [2.05, 4.69) is 23.0 Å². The van der Waals surface area contributed by atoms with Crippen molar-refractivity contribution in [3.8, 4) is 29.0 Å². The predicted octanol–water partition coefficient (Wildman–Crippen LogP) is 6.10. The number of ether oxygens (including phenoxy) is 2. The van der Waals surface area contributed by atoms with Gasteiger partial charge in [0.2, 0.25) is 0 Å². The number of nitriles is 1. The maximum absolute atomic E-state index is 11.5. The maximum Gasteiger partial charge on any atom is 0.310 e. The summed E-state index contributed by atoms with van der Waals surface area (Å²) in [5.74, 6) is 2.53. The first kappa shape index (κ1) is 23.7. The lowest BCUT2D eigenvalue weighted by molar-refractivity contribution is -0.134. The Labute approximate surface area is 191 Å². The molecule has 3 rings (SSSR count). The summed E-state index contributed by atoms with van der Waals surface area (Å²) in [5.41, 5.74) is 0.962. The Hall–Kier alpha value is -2.94. The van der Waals surface area contributed by atoms with Crippen LogP contribution in [-0.2, 0) is 4.79 Å². The molecule has 6 nitrogen and oxygen atoms in total. The summed E-state index contributed by atoms with van der Waals surface area (Å²) in [7, 11) is 0. The maximum atomic E-state index is 11.5. The first-order chi connectivity index (χ1) is 15.6. The highest BCUT2D eigenvalue weighted by Gasteiger charge is 2.21. The third-order valence-corrected chi connectivity index (χ3v) is 6.17. The van der Waals surface area contributed by atoms with Gasteiger partial charge in [0, 0.05) is 12.0 Å². The zero-order valence-electron chi connectivity index (χ0n) is 19.2. The van der Waals surface area contributed by atoms with E-state index >= 15 is 0 Å². The molecule has 6 heteroatoms. The number of unbranched alkanes of at least 4 members (excludes halogenated alkanes) is 2. The van der Waals surface area contributed by atoms with Gasteiger partial charge in [0.15, 0.2) is 11.6 Å². The van der Waals surface area contributed by atoms with Crippen molar-refractivity contribution in [2.75, 3.05) is 6.61 Å². The molecule has 1 saturated carbocycles. The number of carbonyl (C=O) groups is 1. The standard InChI is InChI=1S/C26H33N3O3/c1-3-5-6-7-19-8-10-20(11-9-19)18-31-23-16-28-26(29-17-23)21-12-13-24(22(14-21)15-27)32-25(30)4-2/h12-14,16-17,19-20H,3-11,18H2,1-2H3/t19-,20-. The molecule has 1 aromatic carbocycles. The van der Waals surface area contributed by atoms with E-state index in [0.29, 0.717) is 29.7 Å². The number of hydrogen-bond donors (Lipinski definition) is 0. The van der Waals surface area contributed by atoms with Gasteiger partial charge in [0.25, 0.3) is 0 Å². The lowest BCUT2D eigenvalue weighted by Gasteiger charge is -2.28. The summed E-state index contributed by atoms with van der Waals surface area (Å²) in [6, 6.07) is 7.04. The van der Waals surface area contributed by atoms with Crippen molar-refractivity contribution in [2.45, 2.75) is 71.6 Å². The van der Waals surface area contributed by atoms with Crippen molar-refractivity contribution < 1.29 is 14.3 Å². The van der Waals surface area contributed by atoms with Crippen LogP contribution in [-0.4, -0.2) is 22.5 Å². The molecule has 0 amide bonds. The van der Waals surface area contributed by atoms with Gasteiger partial charge in [-0.25, -0.2) is 9.97 Å². The summed E-state index contributed by atoms with van der Waals surface area (Å²) >= 11 is 0. The van der Waals surface area contributed by atoms with Crippen molar-refractivity contribution in [3.63, 3.8) is 0 Å². The number of hydrogen-bond acceptors (Lipinski definition) is 6. The van der Waals surface area contributed by atoms with Crippen LogP contribution in [0, 0.1) is 23.2 Å². The molecule has 170 valence electrons. The third kappa shape index (κ3) is 6.78. The van der Waals surface area contributed by atoms with Crippen LogP contribution in [0.5, 0.6) is 11.5 Å². The molecule has 0 unspecified atom stereocenters. The van der Waals surface area contributed by atoms with Crippen molar-refractivity contribution in [2.24, 2.45) is 11.8 Å². The molecule has 0 aliphatic heterocycles. The highest BCUT2D eigenvalue weighted by atomic mass is 16.5. The van der Waals surface area contributed by atoms with E-state index < -0.39 is 0 Å². The number of carbonyl (C=O) groups excluding carboxylic acids is 1. The first-order valence-corrected chi connectivity index (χ1v) is 11.8. The van der Waals surface area contributed by atoms with Crippen LogP contribution in [0.3, 0.4) is 0 Å². The summed E-state index contributed by atoms with van der Waals surface area (Å²) in [5, 5.41) is 9.38. The van der Waals surface area contributed by atoms with Crippen molar-refractivity contribution in [1.82, 2.24) is 9.97 Å². The fraction of sp³-hybridized carbons (Fsp3) is 0.538. The summed E-state index contributed by atoms with van der Waals surface area (Å²) in [6.07, 6.45) is 14.1. The Balaban J connectivity index is 1.51. The van der Waals surface area contributed by atoms with Gasteiger partial charge in [-0.05, 0) is 42.9 Å². The van der Waals surface area contributed by atoms with Gasteiger partial charge in [0.05, 0.1) is 24.6 Å². The molecule has 2 aromatic rings. The number of aromatic nitrogens is 2. The molecular weight excluding hydrogens is 402 g/mol. The molecule has 1 aromatic heterocycles. The molecule has 0 atom stereocenters. The average Bonchev–Trinajstić information content (AvgIpc) is 2.84. The molecule has 1 aliphatic carbocycles. The number of nitrogens with zero attached hydrogens (tertiary/aromatic N) is 3. The van der Waals surface area contributed by atoms with Crippen LogP contribution in [0.1, 0.15) is 77.2 Å². The topological polar surface area (TPSA) is 85.1 Å². The zero-order valence-corrected chi connectivity index (χ0v) is 19.2. The van der Waals surface area contributed by atoms with E-state index in [0.717, 1.165) is 5.92 Å². The summed E-state index contributed by atoms with van der Waals surface area (Å²) in [4.78, 5) is 20.3. The van der Waals surface area contributed by atoms with Crippen LogP contribution in [0.15, 0.2) is 30.6 Å². The van der Waals surface area contributed by atoms with Crippen molar-refractivity contribution in [1.29, 1.82) is 5.26 Å². The second kappa shape index (κ2) is 12.2. The van der Waals surface area contributed by atoms with Crippen LogP contribution >= 0.6 is 0 Å². The van der Waals surface area contributed by atoms with Crippen molar-refractivity contribution in [3.05, 3.63) is 36.2 Å². The van der Waals surface area contributed by atoms with Gasteiger partial charge < -0.3 is 9.47 Å². The van der Waals surface area contributed by atoms with Crippen molar-refractivity contribution >= 4 is 5.97 Å². The quantitative estimate of drug-likeness (QED) is 0.255. The van der Waals surface area contributed by atoms with Gasteiger partial charge in [0.1, 0.15) is 11.8 Å². The minimum atomic E-state index is -0.378. The van der Waals surface area contributed by atoms with Gasteiger partial charge in [-0.3, -0.25) is 4.79 Å². The van der Waals surface area contributed by atoms with E-state index in [1.165, 1.54) is 51.4 Å². The Kier molecular flexibility index (Phi) is 9.03. The molecule has 1 fully saturated rings. The lowest BCUT2D eigenvalue weighted by Crippen LogP contribution is -2.20. The Morgan fingerprint density at radius 3 is 2.47 bits per heavy atom. The highest BCUT2D eigenvalue weighted by molar-refractivity contribution is 5.73. The van der Waals surface area contributed by atoms with E-state index in [1.54, 1.807) is 37.5 Å². The predicted molar refractivity (Wildman–Crippen MR) is 123 cm³/mol. The van der Waals surface area contributed by atoms with E-state index in [1.807, 2.05) is 0 Å². The second-order valence-corrected chi connectivity index (χ2v) is 8.59. The summed E-state index contributed by atoms with van der Waals surface area (Å²) in [6.45, 7) is 4.68. The molecule has 0 N–H and O–H groups in total. The van der Waals surface area contributed by atoms with Crippen LogP contribution in [0.4, 0.5) is 0 Å². The van der Waals surface area contributed by atoms with Gasteiger partial charge in [-0.15, -0.1) is 0 Å². The lowest BCUT2D eigenvalue weighted by atomic mass is 9.80. The molecule has 0 radical (unpaired) electrons. The van der Waals surface area contributed by atoms with Crippen LogP contribution in [0.25, 0.3) is 11.4 Å². The monoisotopic (exact) mass is 435 g/mol. The van der Waals surface area contributed by atoms with E-state index in [4.69, 9.17) is 9.47 Å². The van der Waals surface area contributed by atoms with Gasteiger partial charge >= 0.3 is 5.97 Å². The molecular formula is C26H33N3O3. The first-order valence-electron chi connectivity index (χ1n) is 11.8. The van der Waals surface area contributed by atoms with E-state index in [-0.39, 0.29) is 23.7 Å². The molecule has 0 saturated heterocycles. The fourth-order valence-electron chi connectivity index (χ4n) is 4.16.